The fourth-order valence-corrected chi connectivity index (χ4v) is 2.91. The molecule has 1 unspecified atom stereocenters. The molecule has 1 saturated carbocycles. The van der Waals surface area contributed by atoms with Crippen molar-refractivity contribution in [3.8, 4) is 0 Å². The summed E-state index contributed by atoms with van der Waals surface area (Å²) in [7, 11) is 0. The van der Waals surface area contributed by atoms with Crippen molar-refractivity contribution in [2.24, 2.45) is 0 Å². The van der Waals surface area contributed by atoms with Crippen LogP contribution in [0.5, 0.6) is 0 Å². The Morgan fingerprint density at radius 2 is 1.57 bits per heavy atom. The van der Waals surface area contributed by atoms with Crippen molar-refractivity contribution in [2.75, 3.05) is 6.54 Å². The topological polar surface area (TPSA) is 12.0 Å². The lowest BCUT2D eigenvalue weighted by atomic mass is 9.92. The van der Waals surface area contributed by atoms with Crippen LogP contribution in [0, 0.1) is 0 Å². The zero-order chi connectivity index (χ0) is 14.3. The smallest absolute Gasteiger partial charge is 0.00684 e. The lowest BCUT2D eigenvalue weighted by Crippen LogP contribution is -2.23. The first kappa shape index (κ1) is 14.3. The molecule has 0 aliphatic heterocycles. The van der Waals surface area contributed by atoms with Gasteiger partial charge in [0.2, 0.25) is 0 Å². The average Bonchev–Trinajstić information content (AvgIpc) is 3.37. The number of aryl methyl sites for hydroxylation is 1. The molecule has 110 valence electrons. The van der Waals surface area contributed by atoms with Crippen molar-refractivity contribution in [3.63, 3.8) is 0 Å². The molecular formula is C20H25N. The summed E-state index contributed by atoms with van der Waals surface area (Å²) in [4.78, 5) is 0. The largest absolute Gasteiger partial charge is 0.313 e. The van der Waals surface area contributed by atoms with Crippen LogP contribution in [0.4, 0.5) is 0 Å². The molecule has 0 aromatic heterocycles. The first-order valence-electron chi connectivity index (χ1n) is 8.24. The van der Waals surface area contributed by atoms with E-state index in [9.17, 15) is 0 Å². The van der Waals surface area contributed by atoms with Crippen molar-refractivity contribution in [3.05, 3.63) is 71.8 Å². The summed E-state index contributed by atoms with van der Waals surface area (Å²) in [5.74, 6) is 0.649. The molecule has 0 radical (unpaired) electrons. The minimum atomic E-state index is 0.649. The third-order valence-electron chi connectivity index (χ3n) is 4.36. The van der Waals surface area contributed by atoms with E-state index in [1.807, 2.05) is 0 Å². The normalized spacial score (nSPS) is 15.8. The van der Waals surface area contributed by atoms with Gasteiger partial charge in [0.05, 0.1) is 0 Å². The van der Waals surface area contributed by atoms with Gasteiger partial charge in [-0.2, -0.15) is 0 Å². The zero-order valence-corrected chi connectivity index (χ0v) is 12.7. The molecule has 0 bridgehead atoms. The quantitative estimate of drug-likeness (QED) is 0.747. The van der Waals surface area contributed by atoms with Crippen molar-refractivity contribution in [1.82, 2.24) is 5.32 Å². The Morgan fingerprint density at radius 3 is 2.24 bits per heavy atom. The van der Waals surface area contributed by atoms with E-state index < -0.39 is 0 Å². The van der Waals surface area contributed by atoms with Crippen LogP contribution in [0.15, 0.2) is 60.7 Å². The molecule has 1 nitrogen and oxygen atoms in total. The second-order valence-corrected chi connectivity index (χ2v) is 6.17. The van der Waals surface area contributed by atoms with E-state index in [-0.39, 0.29) is 0 Å². The predicted octanol–water partition coefficient (Wildman–Crippen LogP) is 4.55. The molecule has 1 fully saturated rings. The van der Waals surface area contributed by atoms with E-state index in [1.165, 1.54) is 43.2 Å². The van der Waals surface area contributed by atoms with E-state index >= 15 is 0 Å². The van der Waals surface area contributed by atoms with Gasteiger partial charge in [-0.05, 0) is 49.1 Å². The fourth-order valence-electron chi connectivity index (χ4n) is 2.91. The molecule has 1 heteroatoms. The maximum absolute atomic E-state index is 3.70. The predicted molar refractivity (Wildman–Crippen MR) is 89.6 cm³/mol. The molecule has 2 aromatic carbocycles. The summed E-state index contributed by atoms with van der Waals surface area (Å²) in [6, 6.07) is 22.6. The Hall–Kier alpha value is -1.60. The average molecular weight is 279 g/mol. The number of benzene rings is 2. The monoisotopic (exact) mass is 279 g/mol. The Kier molecular flexibility index (Phi) is 5.07. The van der Waals surface area contributed by atoms with Gasteiger partial charge in [0.25, 0.3) is 0 Å². The van der Waals surface area contributed by atoms with Gasteiger partial charge in [0, 0.05) is 12.6 Å². The Balaban J connectivity index is 1.53. The van der Waals surface area contributed by atoms with E-state index in [0.29, 0.717) is 5.92 Å². The second kappa shape index (κ2) is 7.42. The van der Waals surface area contributed by atoms with Gasteiger partial charge >= 0.3 is 0 Å². The highest BCUT2D eigenvalue weighted by molar-refractivity contribution is 5.20. The summed E-state index contributed by atoms with van der Waals surface area (Å²) in [5, 5.41) is 3.70. The van der Waals surface area contributed by atoms with Crippen LogP contribution in [-0.4, -0.2) is 12.6 Å². The van der Waals surface area contributed by atoms with Crippen molar-refractivity contribution < 1.29 is 0 Å². The number of rotatable bonds is 8. The maximum Gasteiger partial charge on any atom is 0.00684 e. The Labute approximate surface area is 128 Å². The molecule has 0 spiro atoms. The molecule has 0 amide bonds. The molecule has 1 atom stereocenters. The first-order valence-corrected chi connectivity index (χ1v) is 8.24. The minimum Gasteiger partial charge on any atom is -0.313 e. The highest BCUT2D eigenvalue weighted by atomic mass is 14.9. The molecule has 2 aromatic rings. The number of hydrogen-bond donors (Lipinski definition) is 1. The lowest BCUT2D eigenvalue weighted by Gasteiger charge is -2.18. The Morgan fingerprint density at radius 1 is 0.905 bits per heavy atom. The lowest BCUT2D eigenvalue weighted by molar-refractivity contribution is 0.531. The van der Waals surface area contributed by atoms with E-state index in [4.69, 9.17) is 0 Å². The van der Waals surface area contributed by atoms with Crippen molar-refractivity contribution >= 4 is 0 Å². The maximum atomic E-state index is 3.70. The molecule has 1 aliphatic rings. The van der Waals surface area contributed by atoms with Gasteiger partial charge in [-0.3, -0.25) is 0 Å². The minimum absolute atomic E-state index is 0.649. The van der Waals surface area contributed by atoms with Gasteiger partial charge in [0.15, 0.2) is 0 Å². The van der Waals surface area contributed by atoms with Crippen molar-refractivity contribution in [2.45, 2.75) is 44.1 Å². The van der Waals surface area contributed by atoms with Crippen LogP contribution in [0.3, 0.4) is 0 Å². The molecule has 1 aliphatic carbocycles. The SMILES string of the molecule is c1ccc(CCCC(CNC2CC2)c2ccccc2)cc1. The van der Waals surface area contributed by atoms with E-state index in [2.05, 4.69) is 66.0 Å². The fraction of sp³-hybridized carbons (Fsp3) is 0.400. The molecule has 0 heterocycles. The molecule has 0 saturated heterocycles. The molecule has 21 heavy (non-hydrogen) atoms. The van der Waals surface area contributed by atoms with Crippen LogP contribution >= 0.6 is 0 Å². The highest BCUT2D eigenvalue weighted by Crippen LogP contribution is 2.24. The number of nitrogens with one attached hydrogen (secondary N) is 1. The van der Waals surface area contributed by atoms with Crippen LogP contribution in [0.25, 0.3) is 0 Å². The zero-order valence-electron chi connectivity index (χ0n) is 12.7. The van der Waals surface area contributed by atoms with Gasteiger partial charge in [-0.15, -0.1) is 0 Å². The van der Waals surface area contributed by atoms with Gasteiger partial charge < -0.3 is 5.32 Å². The van der Waals surface area contributed by atoms with Gasteiger partial charge in [-0.1, -0.05) is 60.7 Å². The van der Waals surface area contributed by atoms with Gasteiger partial charge in [0.1, 0.15) is 0 Å². The standard InChI is InChI=1S/C20H25N/c1-3-8-17(9-4-1)10-7-13-19(16-21-20-14-15-20)18-11-5-2-6-12-18/h1-6,8-9,11-12,19-21H,7,10,13-16H2. The highest BCUT2D eigenvalue weighted by Gasteiger charge is 2.22. The molecule has 1 N–H and O–H groups in total. The summed E-state index contributed by atoms with van der Waals surface area (Å²) in [6.07, 6.45) is 6.44. The summed E-state index contributed by atoms with van der Waals surface area (Å²) < 4.78 is 0. The van der Waals surface area contributed by atoms with Crippen LogP contribution in [-0.2, 0) is 6.42 Å². The number of hydrogen-bond acceptors (Lipinski definition) is 1. The van der Waals surface area contributed by atoms with Gasteiger partial charge in [-0.25, -0.2) is 0 Å². The van der Waals surface area contributed by atoms with Crippen LogP contribution in [0.1, 0.15) is 42.7 Å². The summed E-state index contributed by atoms with van der Waals surface area (Å²) >= 11 is 0. The summed E-state index contributed by atoms with van der Waals surface area (Å²) in [6.45, 7) is 1.13. The third kappa shape index (κ3) is 4.71. The third-order valence-corrected chi connectivity index (χ3v) is 4.36. The first-order chi connectivity index (χ1) is 10.4. The van der Waals surface area contributed by atoms with Crippen LogP contribution in [0.2, 0.25) is 0 Å². The molecular weight excluding hydrogens is 254 g/mol. The van der Waals surface area contributed by atoms with Crippen LogP contribution < -0.4 is 5.32 Å². The van der Waals surface area contributed by atoms with Crippen molar-refractivity contribution in [1.29, 1.82) is 0 Å². The Bertz CT molecular complexity index is 516. The summed E-state index contributed by atoms with van der Waals surface area (Å²) in [5.41, 5.74) is 2.94. The second-order valence-electron chi connectivity index (χ2n) is 6.17. The van der Waals surface area contributed by atoms with E-state index in [1.54, 1.807) is 0 Å². The molecule has 3 rings (SSSR count). The van der Waals surface area contributed by atoms with E-state index in [0.717, 1.165) is 12.6 Å².